The van der Waals surface area contributed by atoms with E-state index in [1.165, 1.54) is 0 Å². The summed E-state index contributed by atoms with van der Waals surface area (Å²) < 4.78 is 15.9. The highest BCUT2D eigenvalue weighted by atomic mass is 16.5. The molecule has 0 amide bonds. The van der Waals surface area contributed by atoms with Gasteiger partial charge in [0.05, 0.1) is 27.9 Å². The van der Waals surface area contributed by atoms with Crippen LogP contribution >= 0.6 is 0 Å². The monoisotopic (exact) mass is 424 g/mol. The fourth-order valence-electron chi connectivity index (χ4n) is 3.10. The lowest BCUT2D eigenvalue weighted by Gasteiger charge is -2.23. The predicted molar refractivity (Wildman–Crippen MR) is 120 cm³/mol. The molecule has 0 radical (unpaired) electrons. The van der Waals surface area contributed by atoms with Gasteiger partial charge in [-0.25, -0.2) is 4.98 Å². The van der Waals surface area contributed by atoms with E-state index in [0.717, 1.165) is 34.3 Å². The molecule has 2 aromatic carbocycles. The highest BCUT2D eigenvalue weighted by Gasteiger charge is 2.12. The fraction of sp³-hybridized carbons (Fsp3) is 0.318. The Labute approximate surface area is 182 Å². The molecule has 0 saturated heterocycles. The normalized spacial score (nSPS) is 11.2. The third-order valence-electron chi connectivity index (χ3n) is 4.77. The van der Waals surface area contributed by atoms with Crippen molar-refractivity contribution in [1.29, 1.82) is 0 Å². The summed E-state index contributed by atoms with van der Waals surface area (Å²) >= 11 is 0. The van der Waals surface area contributed by atoms with Crippen LogP contribution < -0.4 is 19.5 Å². The number of nitrogens with one attached hydrogen (secondary N) is 2. The van der Waals surface area contributed by atoms with Crippen molar-refractivity contribution in [3.05, 3.63) is 53.9 Å². The molecule has 3 aromatic rings. The maximum absolute atomic E-state index is 5.49. The molecule has 0 aliphatic rings. The number of methoxy groups -OCH3 is 3. The molecule has 164 valence electrons. The number of hydrogen-bond donors (Lipinski definition) is 2. The van der Waals surface area contributed by atoms with Crippen molar-refractivity contribution >= 4 is 5.96 Å². The SMILES string of the molecule is CN=C(NCc1nc(-c2ccc(OC)cc2)n[nH]1)N(C)Cc1ccc(OC)cc1OC. The zero-order chi connectivity index (χ0) is 22.2. The van der Waals surface area contributed by atoms with Gasteiger partial charge in [-0.05, 0) is 36.4 Å². The molecule has 2 N–H and O–H groups in total. The summed E-state index contributed by atoms with van der Waals surface area (Å²) in [5, 5.41) is 10.6. The Bertz CT molecular complexity index is 1020. The molecule has 0 bridgehead atoms. The summed E-state index contributed by atoms with van der Waals surface area (Å²) in [6, 6.07) is 13.4. The van der Waals surface area contributed by atoms with Crippen molar-refractivity contribution in [3.8, 4) is 28.6 Å². The summed E-state index contributed by atoms with van der Waals surface area (Å²) in [6.07, 6.45) is 0. The van der Waals surface area contributed by atoms with Gasteiger partial charge in [-0.1, -0.05) is 0 Å². The zero-order valence-electron chi connectivity index (χ0n) is 18.5. The summed E-state index contributed by atoms with van der Waals surface area (Å²) in [7, 11) is 8.63. The lowest BCUT2D eigenvalue weighted by molar-refractivity contribution is 0.382. The minimum atomic E-state index is 0.458. The van der Waals surface area contributed by atoms with E-state index < -0.39 is 0 Å². The van der Waals surface area contributed by atoms with Crippen LogP contribution in [0.2, 0.25) is 0 Å². The molecule has 3 rings (SSSR count). The van der Waals surface area contributed by atoms with Crippen LogP contribution in [0.5, 0.6) is 17.2 Å². The second-order valence-corrected chi connectivity index (χ2v) is 6.77. The van der Waals surface area contributed by atoms with Crippen molar-refractivity contribution < 1.29 is 14.2 Å². The maximum atomic E-state index is 5.49. The predicted octanol–water partition coefficient (Wildman–Crippen LogP) is 2.70. The number of aromatic amines is 1. The molecule has 1 heterocycles. The standard InChI is InChI=1S/C22H28N6O3/c1-23-22(28(2)14-16-8-11-18(30-4)12-19(16)31-5)24-13-20-25-21(27-26-20)15-6-9-17(29-3)10-7-15/h6-12H,13-14H2,1-5H3,(H,23,24)(H,25,26,27). The lowest BCUT2D eigenvalue weighted by atomic mass is 10.2. The van der Waals surface area contributed by atoms with E-state index in [-0.39, 0.29) is 0 Å². The first-order valence-electron chi connectivity index (χ1n) is 9.76. The largest absolute Gasteiger partial charge is 0.497 e. The van der Waals surface area contributed by atoms with E-state index in [1.807, 2.05) is 54.4 Å². The first kappa shape index (κ1) is 21.9. The molecule has 31 heavy (non-hydrogen) atoms. The van der Waals surface area contributed by atoms with E-state index in [1.54, 1.807) is 28.4 Å². The van der Waals surface area contributed by atoms with Crippen LogP contribution in [0.25, 0.3) is 11.4 Å². The van der Waals surface area contributed by atoms with Gasteiger partial charge in [0, 0.05) is 37.8 Å². The molecule has 0 spiro atoms. The van der Waals surface area contributed by atoms with Gasteiger partial charge in [0.25, 0.3) is 0 Å². The zero-order valence-corrected chi connectivity index (χ0v) is 18.5. The summed E-state index contributed by atoms with van der Waals surface area (Å²) in [4.78, 5) is 10.9. The Morgan fingerprint density at radius 1 is 1.03 bits per heavy atom. The van der Waals surface area contributed by atoms with Gasteiger partial charge in [-0.3, -0.25) is 10.1 Å². The second-order valence-electron chi connectivity index (χ2n) is 6.77. The highest BCUT2D eigenvalue weighted by molar-refractivity contribution is 5.79. The van der Waals surface area contributed by atoms with Gasteiger partial charge in [-0.2, -0.15) is 5.10 Å². The van der Waals surface area contributed by atoms with E-state index in [9.17, 15) is 0 Å². The molecule has 1 aromatic heterocycles. The molecule has 0 aliphatic heterocycles. The van der Waals surface area contributed by atoms with Crippen molar-refractivity contribution in [2.45, 2.75) is 13.1 Å². The van der Waals surface area contributed by atoms with E-state index in [4.69, 9.17) is 14.2 Å². The van der Waals surface area contributed by atoms with Gasteiger partial charge in [0.15, 0.2) is 11.8 Å². The molecule has 0 aliphatic carbocycles. The number of aliphatic imine (C=N–C) groups is 1. The van der Waals surface area contributed by atoms with Crippen LogP contribution in [-0.4, -0.2) is 61.5 Å². The molecular formula is C22H28N6O3. The fourth-order valence-corrected chi connectivity index (χ4v) is 3.10. The quantitative estimate of drug-likeness (QED) is 0.424. The Kier molecular flexibility index (Phi) is 7.31. The molecule has 0 unspecified atom stereocenters. The number of hydrogen-bond acceptors (Lipinski definition) is 6. The number of H-pyrrole nitrogens is 1. The van der Waals surface area contributed by atoms with Gasteiger partial charge >= 0.3 is 0 Å². The first-order chi connectivity index (χ1) is 15.1. The number of ether oxygens (including phenoxy) is 3. The number of guanidine groups is 1. The van der Waals surface area contributed by atoms with E-state index in [2.05, 4.69) is 25.5 Å². The van der Waals surface area contributed by atoms with Gasteiger partial charge in [0.2, 0.25) is 0 Å². The van der Waals surface area contributed by atoms with Crippen LogP contribution in [0, 0.1) is 0 Å². The topological polar surface area (TPSA) is 96.9 Å². The Morgan fingerprint density at radius 3 is 2.39 bits per heavy atom. The molecule has 0 saturated carbocycles. The van der Waals surface area contributed by atoms with Crippen molar-refractivity contribution in [3.63, 3.8) is 0 Å². The van der Waals surface area contributed by atoms with E-state index >= 15 is 0 Å². The highest BCUT2D eigenvalue weighted by Crippen LogP contribution is 2.25. The number of benzene rings is 2. The molecule has 0 atom stereocenters. The molecule has 0 fully saturated rings. The third kappa shape index (κ3) is 5.44. The summed E-state index contributed by atoms with van der Waals surface area (Å²) in [6.45, 7) is 1.07. The van der Waals surface area contributed by atoms with Crippen LogP contribution in [0.1, 0.15) is 11.4 Å². The number of aromatic nitrogens is 3. The lowest BCUT2D eigenvalue weighted by Crippen LogP contribution is -2.38. The summed E-state index contributed by atoms with van der Waals surface area (Å²) in [5.41, 5.74) is 1.94. The van der Waals surface area contributed by atoms with Gasteiger partial charge in [-0.15, -0.1) is 0 Å². The minimum absolute atomic E-state index is 0.458. The second kappa shape index (κ2) is 10.3. The van der Waals surface area contributed by atoms with Crippen LogP contribution in [0.4, 0.5) is 0 Å². The van der Waals surface area contributed by atoms with Crippen LogP contribution in [0.3, 0.4) is 0 Å². The third-order valence-corrected chi connectivity index (χ3v) is 4.77. The molecular weight excluding hydrogens is 396 g/mol. The summed E-state index contributed by atoms with van der Waals surface area (Å²) in [5.74, 6) is 4.37. The van der Waals surface area contributed by atoms with Gasteiger partial charge < -0.3 is 24.4 Å². The Hall–Kier alpha value is -3.75. The first-order valence-corrected chi connectivity index (χ1v) is 9.76. The van der Waals surface area contributed by atoms with Crippen molar-refractivity contribution in [2.75, 3.05) is 35.4 Å². The average Bonchev–Trinajstić information content (AvgIpc) is 3.28. The minimum Gasteiger partial charge on any atom is -0.497 e. The maximum Gasteiger partial charge on any atom is 0.194 e. The van der Waals surface area contributed by atoms with Crippen LogP contribution in [-0.2, 0) is 13.1 Å². The van der Waals surface area contributed by atoms with Crippen molar-refractivity contribution in [1.82, 2.24) is 25.4 Å². The Morgan fingerprint density at radius 2 is 1.74 bits per heavy atom. The molecule has 9 nitrogen and oxygen atoms in total. The number of nitrogens with zero attached hydrogens (tertiary/aromatic N) is 4. The van der Waals surface area contributed by atoms with Crippen molar-refractivity contribution in [2.24, 2.45) is 4.99 Å². The van der Waals surface area contributed by atoms with E-state index in [0.29, 0.717) is 24.7 Å². The smallest absolute Gasteiger partial charge is 0.194 e. The van der Waals surface area contributed by atoms with Gasteiger partial charge in [0.1, 0.15) is 23.1 Å². The molecule has 9 heteroatoms. The van der Waals surface area contributed by atoms with Crippen LogP contribution in [0.15, 0.2) is 47.5 Å². The average molecular weight is 425 g/mol. The Balaban J connectivity index is 1.62. The number of rotatable bonds is 8.